The van der Waals surface area contributed by atoms with Crippen molar-refractivity contribution in [2.45, 2.75) is 45.6 Å². The number of phenolic OH excluding ortho intramolecular Hbond substituents is 1. The van der Waals surface area contributed by atoms with Crippen molar-refractivity contribution >= 4 is 17.6 Å². The lowest BCUT2D eigenvalue weighted by atomic mass is 10.1. The predicted octanol–water partition coefficient (Wildman–Crippen LogP) is 3.71. The molecule has 4 heteroatoms. The number of aryl methyl sites for hydroxylation is 1. The minimum Gasteiger partial charge on any atom is -0.506 e. The number of ether oxygens (including phenoxy) is 1. The Morgan fingerprint density at radius 2 is 2.06 bits per heavy atom. The van der Waals surface area contributed by atoms with Crippen molar-refractivity contribution in [3.8, 4) is 5.75 Å². The fourth-order valence-electron chi connectivity index (χ4n) is 1.54. The van der Waals surface area contributed by atoms with Crippen molar-refractivity contribution in [1.29, 1.82) is 0 Å². The van der Waals surface area contributed by atoms with Crippen LogP contribution in [0.15, 0.2) is 18.2 Å². The topological polar surface area (TPSA) is 46.5 Å². The summed E-state index contributed by atoms with van der Waals surface area (Å²) in [6, 6.07) is 5.08. The molecule has 0 aliphatic rings. The highest BCUT2D eigenvalue weighted by molar-refractivity contribution is 6.32. The van der Waals surface area contributed by atoms with Gasteiger partial charge >= 0.3 is 5.97 Å². The maximum Gasteiger partial charge on any atom is 0.306 e. The van der Waals surface area contributed by atoms with Crippen molar-refractivity contribution in [2.75, 3.05) is 0 Å². The molecule has 0 heterocycles. The molecule has 0 aromatic heterocycles. The van der Waals surface area contributed by atoms with Crippen LogP contribution in [0.5, 0.6) is 5.75 Å². The van der Waals surface area contributed by atoms with Crippen LogP contribution in [0.1, 0.15) is 39.2 Å². The van der Waals surface area contributed by atoms with E-state index in [1.54, 1.807) is 18.2 Å². The first kappa shape index (κ1) is 14.8. The largest absolute Gasteiger partial charge is 0.506 e. The molecule has 0 saturated carbocycles. The van der Waals surface area contributed by atoms with E-state index in [4.69, 9.17) is 16.3 Å². The molecule has 0 aliphatic heterocycles. The number of benzene rings is 1. The van der Waals surface area contributed by atoms with Gasteiger partial charge in [-0.1, -0.05) is 17.7 Å². The molecule has 18 heavy (non-hydrogen) atoms. The Kier molecular flexibility index (Phi) is 5.03. The van der Waals surface area contributed by atoms with Crippen LogP contribution in [0.4, 0.5) is 0 Å². The lowest BCUT2D eigenvalue weighted by Crippen LogP contribution is -2.23. The van der Waals surface area contributed by atoms with Gasteiger partial charge in [0.05, 0.1) is 5.02 Å². The number of hydrogen-bond donors (Lipinski definition) is 1. The third-order valence-corrected chi connectivity index (χ3v) is 2.58. The predicted molar refractivity (Wildman–Crippen MR) is 71.9 cm³/mol. The molecule has 0 radical (unpaired) electrons. The van der Waals surface area contributed by atoms with Crippen LogP contribution in [0.2, 0.25) is 5.02 Å². The maximum absolute atomic E-state index is 11.5. The smallest absolute Gasteiger partial charge is 0.306 e. The van der Waals surface area contributed by atoms with Gasteiger partial charge in [0.25, 0.3) is 0 Å². The number of carbonyl (C=O) groups is 1. The molecule has 0 unspecified atom stereocenters. The molecule has 0 fully saturated rings. The zero-order chi connectivity index (χ0) is 13.8. The third-order valence-electron chi connectivity index (χ3n) is 2.28. The van der Waals surface area contributed by atoms with Gasteiger partial charge < -0.3 is 9.84 Å². The fourth-order valence-corrected chi connectivity index (χ4v) is 1.74. The van der Waals surface area contributed by atoms with Crippen molar-refractivity contribution in [1.82, 2.24) is 0 Å². The zero-order valence-corrected chi connectivity index (χ0v) is 11.8. The van der Waals surface area contributed by atoms with Gasteiger partial charge in [0.15, 0.2) is 0 Å². The van der Waals surface area contributed by atoms with Crippen LogP contribution in [-0.4, -0.2) is 16.7 Å². The standard InChI is InChI=1S/C14H19ClO3/c1-14(2,3)18-13(17)6-4-5-10-7-8-12(16)11(15)9-10/h7-9,16H,4-6H2,1-3H3. The molecule has 3 nitrogen and oxygen atoms in total. The van der Waals surface area contributed by atoms with Crippen molar-refractivity contribution in [2.24, 2.45) is 0 Å². The van der Waals surface area contributed by atoms with Crippen molar-refractivity contribution in [3.63, 3.8) is 0 Å². The van der Waals surface area contributed by atoms with Gasteiger partial charge in [0.1, 0.15) is 11.4 Å². The van der Waals surface area contributed by atoms with Crippen molar-refractivity contribution < 1.29 is 14.6 Å². The number of hydrogen-bond acceptors (Lipinski definition) is 3. The Balaban J connectivity index is 2.38. The third kappa shape index (κ3) is 5.41. The van der Waals surface area contributed by atoms with E-state index in [9.17, 15) is 9.90 Å². The van der Waals surface area contributed by atoms with E-state index in [0.717, 1.165) is 12.0 Å². The lowest BCUT2D eigenvalue weighted by Gasteiger charge is -2.19. The van der Waals surface area contributed by atoms with Crippen molar-refractivity contribution in [3.05, 3.63) is 28.8 Å². The van der Waals surface area contributed by atoms with Gasteiger partial charge in [-0.15, -0.1) is 0 Å². The molecular weight excluding hydrogens is 252 g/mol. The van der Waals surface area contributed by atoms with Crippen LogP contribution < -0.4 is 0 Å². The minimum absolute atomic E-state index is 0.0764. The molecule has 1 rings (SSSR count). The quantitative estimate of drug-likeness (QED) is 0.849. The number of esters is 1. The number of phenols is 1. The zero-order valence-electron chi connectivity index (χ0n) is 11.0. The first-order valence-corrected chi connectivity index (χ1v) is 6.35. The highest BCUT2D eigenvalue weighted by Gasteiger charge is 2.15. The molecule has 0 amide bonds. The highest BCUT2D eigenvalue weighted by Crippen LogP contribution is 2.24. The summed E-state index contributed by atoms with van der Waals surface area (Å²) >= 11 is 5.80. The second-order valence-electron chi connectivity index (χ2n) is 5.23. The highest BCUT2D eigenvalue weighted by atomic mass is 35.5. The number of halogens is 1. The molecular formula is C14H19ClO3. The fraction of sp³-hybridized carbons (Fsp3) is 0.500. The van der Waals surface area contributed by atoms with Gasteiger partial charge in [-0.25, -0.2) is 0 Å². The summed E-state index contributed by atoms with van der Waals surface area (Å²) in [6.45, 7) is 5.56. The number of rotatable bonds is 4. The lowest BCUT2D eigenvalue weighted by molar-refractivity contribution is -0.154. The van der Waals surface area contributed by atoms with Crippen LogP contribution in [-0.2, 0) is 16.0 Å². The molecule has 1 N–H and O–H groups in total. The molecule has 0 spiro atoms. The summed E-state index contributed by atoms with van der Waals surface area (Å²) < 4.78 is 5.21. The second-order valence-corrected chi connectivity index (χ2v) is 5.63. The summed E-state index contributed by atoms with van der Waals surface area (Å²) in [4.78, 5) is 11.5. The van der Waals surface area contributed by atoms with E-state index in [2.05, 4.69) is 0 Å². The average Bonchev–Trinajstić information content (AvgIpc) is 2.20. The van der Waals surface area contributed by atoms with E-state index >= 15 is 0 Å². The number of carbonyl (C=O) groups excluding carboxylic acids is 1. The Bertz CT molecular complexity index is 422. The first-order valence-electron chi connectivity index (χ1n) is 5.97. The minimum atomic E-state index is -0.432. The molecule has 0 atom stereocenters. The van der Waals surface area contributed by atoms with Crippen LogP contribution >= 0.6 is 11.6 Å². The normalized spacial score (nSPS) is 11.3. The summed E-state index contributed by atoms with van der Waals surface area (Å²) in [7, 11) is 0. The van der Waals surface area contributed by atoms with E-state index in [0.29, 0.717) is 17.9 Å². The first-order chi connectivity index (χ1) is 8.28. The summed E-state index contributed by atoms with van der Waals surface area (Å²) in [5, 5.41) is 9.62. The van der Waals surface area contributed by atoms with Gasteiger partial charge in [-0.05, 0) is 51.3 Å². The van der Waals surface area contributed by atoms with E-state index in [1.807, 2.05) is 20.8 Å². The van der Waals surface area contributed by atoms with E-state index < -0.39 is 5.60 Å². The van der Waals surface area contributed by atoms with E-state index in [-0.39, 0.29) is 11.7 Å². The molecule has 0 bridgehead atoms. The Morgan fingerprint density at radius 1 is 1.39 bits per heavy atom. The molecule has 100 valence electrons. The van der Waals surface area contributed by atoms with Crippen LogP contribution in [0.3, 0.4) is 0 Å². The Morgan fingerprint density at radius 3 is 2.61 bits per heavy atom. The monoisotopic (exact) mass is 270 g/mol. The van der Waals surface area contributed by atoms with Gasteiger partial charge in [0.2, 0.25) is 0 Å². The molecule has 0 aliphatic carbocycles. The number of aromatic hydroxyl groups is 1. The summed E-state index contributed by atoms with van der Waals surface area (Å²) in [5.74, 6) is -0.111. The summed E-state index contributed by atoms with van der Waals surface area (Å²) in [6.07, 6.45) is 1.82. The average molecular weight is 271 g/mol. The molecule has 1 aromatic carbocycles. The molecule has 0 saturated heterocycles. The van der Waals surface area contributed by atoms with Crippen LogP contribution in [0, 0.1) is 0 Å². The molecule has 1 aromatic rings. The summed E-state index contributed by atoms with van der Waals surface area (Å²) in [5.41, 5.74) is 0.570. The van der Waals surface area contributed by atoms with E-state index in [1.165, 1.54) is 0 Å². The van der Waals surface area contributed by atoms with Crippen LogP contribution in [0.25, 0.3) is 0 Å². The second kappa shape index (κ2) is 6.10. The SMILES string of the molecule is CC(C)(C)OC(=O)CCCc1ccc(O)c(Cl)c1. The Labute approximate surface area is 113 Å². The maximum atomic E-state index is 11.5. The van der Waals surface area contributed by atoms with Gasteiger partial charge in [-0.3, -0.25) is 4.79 Å². The Hall–Kier alpha value is -1.22. The van der Waals surface area contributed by atoms with Gasteiger partial charge in [0, 0.05) is 6.42 Å². The van der Waals surface area contributed by atoms with Gasteiger partial charge in [-0.2, -0.15) is 0 Å².